The van der Waals surface area contributed by atoms with E-state index in [-0.39, 0.29) is 24.0 Å². The van der Waals surface area contributed by atoms with Crippen LogP contribution in [-0.4, -0.2) is 22.4 Å². The highest BCUT2D eigenvalue weighted by atomic mass is 19.1. The van der Waals surface area contributed by atoms with Gasteiger partial charge < -0.3 is 10.6 Å². The molecule has 0 spiro atoms. The minimum Gasteiger partial charge on any atom is -0.370 e. The summed E-state index contributed by atoms with van der Waals surface area (Å²) in [4.78, 5) is 20.6. The summed E-state index contributed by atoms with van der Waals surface area (Å²) in [5.74, 6) is 0.454. The molecule has 0 saturated carbocycles. The van der Waals surface area contributed by atoms with Gasteiger partial charge in [0.05, 0.1) is 0 Å². The smallest absolute Gasteiger partial charge is 0.270 e. The molecular formula is C17H21FN4O. The van der Waals surface area contributed by atoms with E-state index in [0.717, 1.165) is 19.4 Å². The lowest BCUT2D eigenvalue weighted by atomic mass is 10.2. The molecule has 0 fully saturated rings. The number of hydrogen-bond donors (Lipinski definition) is 2. The summed E-state index contributed by atoms with van der Waals surface area (Å²) in [6.07, 6.45) is 2.10. The van der Waals surface area contributed by atoms with E-state index in [9.17, 15) is 9.18 Å². The molecule has 1 heterocycles. The fourth-order valence-corrected chi connectivity index (χ4v) is 2.08. The molecule has 2 rings (SSSR count). The molecular weight excluding hydrogens is 295 g/mol. The molecule has 2 N–H and O–H groups in total. The first kappa shape index (κ1) is 16.9. The molecule has 0 radical (unpaired) electrons. The molecule has 122 valence electrons. The predicted molar refractivity (Wildman–Crippen MR) is 87.7 cm³/mol. The number of halogens is 1. The molecule has 0 bridgehead atoms. The number of nitrogens with zero attached hydrogens (tertiary/aromatic N) is 2. The van der Waals surface area contributed by atoms with Gasteiger partial charge in [0.2, 0.25) is 0 Å². The molecule has 1 aromatic carbocycles. The summed E-state index contributed by atoms with van der Waals surface area (Å²) in [6, 6.07) is 7.96. The number of anilines is 1. The third-order valence-electron chi connectivity index (χ3n) is 3.30. The number of unbranched alkanes of at least 4 members (excludes halogenated alkanes) is 1. The van der Waals surface area contributed by atoms with Crippen LogP contribution in [0.15, 0.2) is 30.3 Å². The topological polar surface area (TPSA) is 66.9 Å². The molecule has 1 amide bonds. The van der Waals surface area contributed by atoms with Crippen LogP contribution in [0.1, 0.15) is 41.6 Å². The Morgan fingerprint density at radius 1 is 1.26 bits per heavy atom. The zero-order chi connectivity index (χ0) is 16.7. The second kappa shape index (κ2) is 8.22. The second-order valence-electron chi connectivity index (χ2n) is 5.24. The van der Waals surface area contributed by atoms with Crippen molar-refractivity contribution in [3.63, 3.8) is 0 Å². The predicted octanol–water partition coefficient (Wildman–Crippen LogP) is 3.07. The number of aryl methyl sites for hydroxylation is 1. The summed E-state index contributed by atoms with van der Waals surface area (Å²) in [6.45, 7) is 4.75. The van der Waals surface area contributed by atoms with Crippen molar-refractivity contribution in [2.45, 2.75) is 33.2 Å². The minimum absolute atomic E-state index is 0.118. The number of aromatic nitrogens is 2. The molecule has 1 aromatic heterocycles. The number of benzene rings is 1. The maximum atomic E-state index is 13.6. The third-order valence-corrected chi connectivity index (χ3v) is 3.30. The molecule has 0 saturated heterocycles. The molecule has 2 aromatic rings. The van der Waals surface area contributed by atoms with E-state index in [1.165, 1.54) is 6.07 Å². The van der Waals surface area contributed by atoms with Crippen molar-refractivity contribution < 1.29 is 9.18 Å². The van der Waals surface area contributed by atoms with Gasteiger partial charge in [0.1, 0.15) is 23.2 Å². The monoisotopic (exact) mass is 316 g/mol. The van der Waals surface area contributed by atoms with Gasteiger partial charge in [-0.1, -0.05) is 31.5 Å². The SMILES string of the molecule is CCCCNc1cc(C(=O)NCc2ccccc2F)nc(C)n1. The maximum absolute atomic E-state index is 13.6. The van der Waals surface area contributed by atoms with E-state index in [0.29, 0.717) is 17.2 Å². The summed E-state index contributed by atoms with van der Waals surface area (Å²) >= 11 is 0. The molecule has 5 nitrogen and oxygen atoms in total. The number of carbonyl (C=O) groups excluding carboxylic acids is 1. The lowest BCUT2D eigenvalue weighted by Crippen LogP contribution is -2.25. The standard InChI is InChI=1S/C17H21FN4O/c1-3-4-9-19-16-10-15(21-12(2)22-16)17(23)20-11-13-7-5-6-8-14(13)18/h5-8,10H,3-4,9,11H2,1-2H3,(H,20,23)(H,19,21,22). The van der Waals surface area contributed by atoms with Gasteiger partial charge >= 0.3 is 0 Å². The number of carbonyl (C=O) groups is 1. The van der Waals surface area contributed by atoms with Gasteiger partial charge in [-0.3, -0.25) is 4.79 Å². The first-order valence-corrected chi connectivity index (χ1v) is 7.71. The molecule has 0 atom stereocenters. The third kappa shape index (κ3) is 5.02. The molecule has 0 aliphatic rings. The van der Waals surface area contributed by atoms with E-state index >= 15 is 0 Å². The van der Waals surface area contributed by atoms with Gasteiger partial charge in [-0.05, 0) is 19.4 Å². The average Bonchev–Trinajstić information content (AvgIpc) is 2.53. The van der Waals surface area contributed by atoms with Crippen LogP contribution in [0.5, 0.6) is 0 Å². The summed E-state index contributed by atoms with van der Waals surface area (Å²) in [5.41, 5.74) is 0.709. The largest absolute Gasteiger partial charge is 0.370 e. The van der Waals surface area contributed by atoms with E-state index in [1.807, 2.05) is 0 Å². The number of hydrogen-bond acceptors (Lipinski definition) is 4. The number of amides is 1. The minimum atomic E-state index is -0.350. The van der Waals surface area contributed by atoms with Crippen molar-refractivity contribution in [1.82, 2.24) is 15.3 Å². The second-order valence-corrected chi connectivity index (χ2v) is 5.24. The van der Waals surface area contributed by atoms with Crippen LogP contribution in [-0.2, 0) is 6.54 Å². The van der Waals surface area contributed by atoms with E-state index in [4.69, 9.17) is 0 Å². The van der Waals surface area contributed by atoms with Crippen molar-refractivity contribution in [2.75, 3.05) is 11.9 Å². The number of rotatable bonds is 7. The van der Waals surface area contributed by atoms with Gasteiger partial charge in [-0.25, -0.2) is 14.4 Å². The Balaban J connectivity index is 2.02. The Bertz CT molecular complexity index is 675. The van der Waals surface area contributed by atoms with Crippen LogP contribution in [0.25, 0.3) is 0 Å². The van der Waals surface area contributed by atoms with E-state index in [2.05, 4.69) is 27.5 Å². The fourth-order valence-electron chi connectivity index (χ4n) is 2.08. The first-order valence-electron chi connectivity index (χ1n) is 7.71. The molecule has 0 unspecified atom stereocenters. The van der Waals surface area contributed by atoms with Gasteiger partial charge in [0.15, 0.2) is 0 Å². The maximum Gasteiger partial charge on any atom is 0.270 e. The van der Waals surface area contributed by atoms with Crippen LogP contribution in [0.2, 0.25) is 0 Å². The van der Waals surface area contributed by atoms with Crippen molar-refractivity contribution in [2.24, 2.45) is 0 Å². The van der Waals surface area contributed by atoms with Crippen LogP contribution in [0.4, 0.5) is 10.2 Å². The summed E-state index contributed by atoms with van der Waals surface area (Å²) in [5, 5.41) is 5.85. The van der Waals surface area contributed by atoms with Crippen molar-refractivity contribution in [3.05, 3.63) is 53.2 Å². The fraction of sp³-hybridized carbons (Fsp3) is 0.353. The highest BCUT2D eigenvalue weighted by Crippen LogP contribution is 2.09. The van der Waals surface area contributed by atoms with Crippen LogP contribution in [0, 0.1) is 12.7 Å². The molecule has 0 aliphatic carbocycles. The molecule has 23 heavy (non-hydrogen) atoms. The lowest BCUT2D eigenvalue weighted by Gasteiger charge is -2.09. The van der Waals surface area contributed by atoms with E-state index < -0.39 is 0 Å². The Labute approximate surface area is 135 Å². The Kier molecular flexibility index (Phi) is 6.02. The van der Waals surface area contributed by atoms with Gasteiger partial charge in [0.25, 0.3) is 5.91 Å². The van der Waals surface area contributed by atoms with Gasteiger partial charge in [0, 0.05) is 24.7 Å². The van der Waals surface area contributed by atoms with Crippen molar-refractivity contribution >= 4 is 11.7 Å². The van der Waals surface area contributed by atoms with Crippen molar-refractivity contribution in [3.8, 4) is 0 Å². The van der Waals surface area contributed by atoms with Crippen molar-refractivity contribution in [1.29, 1.82) is 0 Å². The van der Waals surface area contributed by atoms with Crippen LogP contribution >= 0.6 is 0 Å². The Morgan fingerprint density at radius 2 is 2.04 bits per heavy atom. The number of nitrogens with one attached hydrogen (secondary N) is 2. The zero-order valence-electron chi connectivity index (χ0n) is 13.4. The Hall–Kier alpha value is -2.50. The van der Waals surface area contributed by atoms with Crippen LogP contribution in [0.3, 0.4) is 0 Å². The quantitative estimate of drug-likeness (QED) is 0.770. The van der Waals surface area contributed by atoms with Gasteiger partial charge in [-0.2, -0.15) is 0 Å². The highest BCUT2D eigenvalue weighted by Gasteiger charge is 2.11. The molecule has 6 heteroatoms. The van der Waals surface area contributed by atoms with E-state index in [1.54, 1.807) is 31.2 Å². The Morgan fingerprint density at radius 3 is 2.78 bits per heavy atom. The zero-order valence-corrected chi connectivity index (χ0v) is 13.4. The first-order chi connectivity index (χ1) is 11.1. The average molecular weight is 316 g/mol. The summed E-state index contributed by atoms with van der Waals surface area (Å²) < 4.78 is 13.6. The normalized spacial score (nSPS) is 10.4. The van der Waals surface area contributed by atoms with Crippen LogP contribution < -0.4 is 10.6 Å². The van der Waals surface area contributed by atoms with Gasteiger partial charge in [-0.15, -0.1) is 0 Å². The highest BCUT2D eigenvalue weighted by molar-refractivity contribution is 5.92. The molecule has 0 aliphatic heterocycles. The summed E-state index contributed by atoms with van der Waals surface area (Å²) in [7, 11) is 0. The lowest BCUT2D eigenvalue weighted by molar-refractivity contribution is 0.0945.